The van der Waals surface area contributed by atoms with Crippen molar-refractivity contribution in [1.82, 2.24) is 9.47 Å². The maximum Gasteiger partial charge on any atom is 0.255 e. The van der Waals surface area contributed by atoms with E-state index in [0.29, 0.717) is 13.1 Å². The van der Waals surface area contributed by atoms with Gasteiger partial charge in [-0.2, -0.15) is 0 Å². The van der Waals surface area contributed by atoms with E-state index in [4.69, 9.17) is 9.47 Å². The van der Waals surface area contributed by atoms with E-state index >= 15 is 0 Å². The van der Waals surface area contributed by atoms with Crippen LogP contribution in [0.4, 0.5) is 0 Å². The lowest BCUT2D eigenvalue weighted by atomic mass is 10.1. The van der Waals surface area contributed by atoms with Crippen molar-refractivity contribution in [3.8, 4) is 22.7 Å². The van der Waals surface area contributed by atoms with Gasteiger partial charge in [-0.1, -0.05) is 17.7 Å². The Bertz CT molecular complexity index is 1060. The van der Waals surface area contributed by atoms with Gasteiger partial charge >= 0.3 is 0 Å². The second-order valence-corrected chi connectivity index (χ2v) is 8.40. The Labute approximate surface area is 184 Å². The van der Waals surface area contributed by atoms with Crippen molar-refractivity contribution in [3.05, 3.63) is 71.4 Å². The van der Waals surface area contributed by atoms with Gasteiger partial charge in [0.25, 0.3) is 5.91 Å². The number of carbonyl (C=O) groups excluding carboxylic acids is 1. The molecule has 2 atom stereocenters. The molecule has 162 valence electrons. The van der Waals surface area contributed by atoms with Crippen molar-refractivity contribution in [2.75, 3.05) is 20.2 Å². The highest BCUT2D eigenvalue weighted by molar-refractivity contribution is 5.97. The summed E-state index contributed by atoms with van der Waals surface area (Å²) < 4.78 is 13.3. The van der Waals surface area contributed by atoms with Gasteiger partial charge in [-0.3, -0.25) is 4.79 Å². The third-order valence-corrected chi connectivity index (χ3v) is 5.86. The minimum Gasteiger partial charge on any atom is -0.497 e. The Morgan fingerprint density at radius 2 is 1.58 bits per heavy atom. The van der Waals surface area contributed by atoms with Crippen molar-refractivity contribution in [2.24, 2.45) is 0 Å². The van der Waals surface area contributed by atoms with Gasteiger partial charge in [0.2, 0.25) is 0 Å². The Morgan fingerprint density at radius 1 is 0.968 bits per heavy atom. The van der Waals surface area contributed by atoms with E-state index in [1.54, 1.807) is 7.11 Å². The second kappa shape index (κ2) is 8.60. The van der Waals surface area contributed by atoms with Crippen LogP contribution >= 0.6 is 0 Å². The van der Waals surface area contributed by atoms with Crippen LogP contribution in [0.3, 0.4) is 0 Å². The molecule has 1 aromatic heterocycles. The zero-order chi connectivity index (χ0) is 22.1. The third kappa shape index (κ3) is 4.23. The zero-order valence-electron chi connectivity index (χ0n) is 18.9. The maximum atomic E-state index is 13.5. The Hall–Kier alpha value is -3.05. The van der Waals surface area contributed by atoms with Crippen LogP contribution in [-0.2, 0) is 4.74 Å². The number of ether oxygens (including phenoxy) is 2. The van der Waals surface area contributed by atoms with Crippen LogP contribution in [0, 0.1) is 13.8 Å². The Balaban J connectivity index is 1.81. The Kier molecular flexibility index (Phi) is 5.88. The number of morpholine rings is 1. The van der Waals surface area contributed by atoms with Gasteiger partial charge < -0.3 is 18.9 Å². The quantitative estimate of drug-likeness (QED) is 0.598. The summed E-state index contributed by atoms with van der Waals surface area (Å²) in [5.74, 6) is 0.863. The predicted octanol–water partition coefficient (Wildman–Crippen LogP) is 5.02. The summed E-state index contributed by atoms with van der Waals surface area (Å²) in [5, 5.41) is 0. The van der Waals surface area contributed by atoms with Crippen molar-refractivity contribution in [3.63, 3.8) is 0 Å². The molecule has 5 heteroatoms. The van der Waals surface area contributed by atoms with Gasteiger partial charge in [0.05, 0.1) is 30.6 Å². The lowest BCUT2D eigenvalue weighted by Crippen LogP contribution is -2.48. The van der Waals surface area contributed by atoms with E-state index in [1.165, 1.54) is 5.56 Å². The SMILES string of the molecule is COc1ccc(-c2cc(C(=O)N3C[C@@H](C)O[C@@H](C)C3)c(C)n2-c2ccc(C)cc2)cc1. The number of hydrogen-bond acceptors (Lipinski definition) is 3. The summed E-state index contributed by atoms with van der Waals surface area (Å²) in [5.41, 5.74) is 5.93. The number of rotatable bonds is 4. The van der Waals surface area contributed by atoms with Crippen molar-refractivity contribution < 1.29 is 14.3 Å². The first-order chi connectivity index (χ1) is 14.9. The fourth-order valence-corrected chi connectivity index (χ4v) is 4.34. The van der Waals surface area contributed by atoms with Crippen molar-refractivity contribution in [1.29, 1.82) is 0 Å². The van der Waals surface area contributed by atoms with Crippen molar-refractivity contribution in [2.45, 2.75) is 39.9 Å². The van der Waals surface area contributed by atoms with Gasteiger partial charge in [0.1, 0.15) is 5.75 Å². The molecule has 0 unspecified atom stereocenters. The first-order valence-electron chi connectivity index (χ1n) is 10.8. The highest BCUT2D eigenvalue weighted by Gasteiger charge is 2.29. The van der Waals surface area contributed by atoms with E-state index in [0.717, 1.165) is 34.0 Å². The van der Waals surface area contributed by atoms with E-state index in [2.05, 4.69) is 35.8 Å². The Morgan fingerprint density at radius 3 is 2.16 bits per heavy atom. The van der Waals surface area contributed by atoms with E-state index in [1.807, 2.05) is 56.0 Å². The zero-order valence-corrected chi connectivity index (χ0v) is 18.9. The van der Waals surface area contributed by atoms with Crippen molar-refractivity contribution >= 4 is 5.91 Å². The molecule has 0 N–H and O–H groups in total. The summed E-state index contributed by atoms with van der Waals surface area (Å²) in [6.07, 6.45) is 0.0708. The van der Waals surface area contributed by atoms with Gasteiger partial charge in [-0.15, -0.1) is 0 Å². The van der Waals surface area contributed by atoms with Crippen LogP contribution in [0.1, 0.15) is 35.5 Å². The van der Waals surface area contributed by atoms with Gasteiger partial charge in [0.15, 0.2) is 0 Å². The smallest absolute Gasteiger partial charge is 0.255 e. The van der Waals surface area contributed by atoms with Crippen LogP contribution in [0.2, 0.25) is 0 Å². The van der Waals surface area contributed by atoms with Gasteiger partial charge in [0, 0.05) is 24.5 Å². The number of nitrogens with zero attached hydrogens (tertiary/aromatic N) is 2. The molecule has 0 saturated carbocycles. The summed E-state index contributed by atoms with van der Waals surface area (Å²) >= 11 is 0. The summed E-state index contributed by atoms with van der Waals surface area (Å²) in [6, 6.07) is 18.4. The van der Waals surface area contributed by atoms with Crippen LogP contribution in [0.15, 0.2) is 54.6 Å². The van der Waals surface area contributed by atoms with Gasteiger partial charge in [-0.25, -0.2) is 0 Å². The third-order valence-electron chi connectivity index (χ3n) is 5.86. The first-order valence-corrected chi connectivity index (χ1v) is 10.8. The molecule has 31 heavy (non-hydrogen) atoms. The second-order valence-electron chi connectivity index (χ2n) is 8.40. The fraction of sp³-hybridized carbons (Fsp3) is 0.346. The normalized spacial score (nSPS) is 18.8. The minimum absolute atomic E-state index is 0.0354. The van der Waals surface area contributed by atoms with E-state index in [-0.39, 0.29) is 18.1 Å². The number of carbonyl (C=O) groups is 1. The molecule has 2 aromatic carbocycles. The lowest BCUT2D eigenvalue weighted by molar-refractivity contribution is -0.0586. The number of aromatic nitrogens is 1. The van der Waals surface area contributed by atoms with E-state index < -0.39 is 0 Å². The molecule has 4 rings (SSSR count). The number of methoxy groups -OCH3 is 1. The molecule has 0 aliphatic carbocycles. The summed E-state index contributed by atoms with van der Waals surface area (Å²) in [7, 11) is 1.66. The van der Waals surface area contributed by atoms with Crippen LogP contribution < -0.4 is 4.74 Å². The molecule has 5 nitrogen and oxygen atoms in total. The molecule has 1 saturated heterocycles. The number of hydrogen-bond donors (Lipinski definition) is 0. The molecular weight excluding hydrogens is 388 g/mol. The molecule has 1 aliphatic rings. The highest BCUT2D eigenvalue weighted by atomic mass is 16.5. The molecule has 1 amide bonds. The molecule has 1 fully saturated rings. The van der Waals surface area contributed by atoms with E-state index in [9.17, 15) is 4.79 Å². The summed E-state index contributed by atoms with van der Waals surface area (Å²) in [4.78, 5) is 15.4. The molecule has 3 aromatic rings. The van der Waals surface area contributed by atoms with Crippen LogP contribution in [0.25, 0.3) is 16.9 Å². The summed E-state index contributed by atoms with van der Waals surface area (Å²) in [6.45, 7) is 9.35. The topological polar surface area (TPSA) is 43.7 Å². The molecule has 0 bridgehead atoms. The van der Waals surface area contributed by atoms with Crippen LogP contribution in [-0.4, -0.2) is 47.8 Å². The molecule has 1 aliphatic heterocycles. The number of aryl methyl sites for hydroxylation is 1. The van der Waals surface area contributed by atoms with Crippen LogP contribution in [0.5, 0.6) is 5.75 Å². The first kappa shape index (κ1) is 21.2. The lowest BCUT2D eigenvalue weighted by Gasteiger charge is -2.35. The molecule has 0 spiro atoms. The average molecular weight is 419 g/mol. The maximum absolute atomic E-state index is 13.5. The average Bonchev–Trinajstić information content (AvgIpc) is 3.10. The molecular formula is C26H30N2O3. The predicted molar refractivity (Wildman–Crippen MR) is 123 cm³/mol. The van der Waals surface area contributed by atoms with Gasteiger partial charge in [-0.05, 0) is 75.7 Å². The molecule has 0 radical (unpaired) electrons. The monoisotopic (exact) mass is 418 g/mol. The standard InChI is InChI=1S/C26H30N2O3/c1-17-6-10-22(11-7-17)28-20(4)24(26(29)27-15-18(2)31-19(3)16-27)14-25(28)21-8-12-23(30-5)13-9-21/h6-14,18-19H,15-16H2,1-5H3/t18-,19+. The molecule has 2 heterocycles. The number of benzene rings is 2. The largest absolute Gasteiger partial charge is 0.497 e. The minimum atomic E-state index is 0.0354. The highest BCUT2D eigenvalue weighted by Crippen LogP contribution is 2.32. The number of amides is 1. The fourth-order valence-electron chi connectivity index (χ4n) is 4.34.